The van der Waals surface area contributed by atoms with Crippen molar-refractivity contribution < 1.29 is 39.1 Å². The lowest BCUT2D eigenvalue weighted by Gasteiger charge is -2.23. The van der Waals surface area contributed by atoms with Crippen molar-refractivity contribution in [2.75, 3.05) is 23.7 Å². The predicted octanol–water partition coefficient (Wildman–Crippen LogP) is 5.07. The number of hydrogen-bond donors (Lipinski definition) is 2. The summed E-state index contributed by atoms with van der Waals surface area (Å²) in [5.74, 6) is -2.56. The number of anilines is 1. The molecule has 3 aromatic rings. The molecule has 1 heterocycles. The van der Waals surface area contributed by atoms with Gasteiger partial charge in [-0.25, -0.2) is 9.97 Å². The Bertz CT molecular complexity index is 1570. The predicted molar refractivity (Wildman–Crippen MR) is 129 cm³/mol. The largest absolute Gasteiger partial charge is 0.451 e. The first-order valence-corrected chi connectivity index (χ1v) is 13.8. The van der Waals surface area contributed by atoms with Gasteiger partial charge in [0.15, 0.2) is 5.82 Å². The molecule has 0 spiro atoms. The highest BCUT2D eigenvalue weighted by atomic mass is 35.5. The van der Waals surface area contributed by atoms with Crippen LogP contribution in [0.15, 0.2) is 51.5 Å². The topological polar surface area (TPSA) is 162 Å². The zero-order valence-corrected chi connectivity index (χ0v) is 21.3. The molecule has 0 atom stereocenters. The van der Waals surface area contributed by atoms with Gasteiger partial charge in [-0.05, 0) is 49.7 Å². The molecule has 0 fully saturated rings. The van der Waals surface area contributed by atoms with Crippen LogP contribution in [0.1, 0.15) is 19.2 Å². The summed E-state index contributed by atoms with van der Waals surface area (Å²) >= 11 is 6.27. The van der Waals surface area contributed by atoms with Gasteiger partial charge in [-0.15, -0.1) is 10.2 Å². The quantitative estimate of drug-likeness (QED) is 0.259. The van der Waals surface area contributed by atoms with Crippen LogP contribution in [0.4, 0.5) is 30.4 Å². The van der Waals surface area contributed by atoms with Crippen molar-refractivity contribution in [1.29, 1.82) is 0 Å². The molecular weight excluding hydrogens is 563 g/mol. The molecule has 0 aliphatic carbocycles. The molecule has 0 unspecified atom stereocenters. The molecule has 0 radical (unpaired) electrons. The van der Waals surface area contributed by atoms with Crippen LogP contribution in [0.2, 0.25) is 5.02 Å². The molecule has 11 nitrogen and oxygen atoms in total. The van der Waals surface area contributed by atoms with Crippen molar-refractivity contribution >= 4 is 59.9 Å². The van der Waals surface area contributed by atoms with Gasteiger partial charge in [0.05, 0.1) is 21.2 Å². The first kappa shape index (κ1) is 28.6. The highest BCUT2D eigenvalue weighted by molar-refractivity contribution is 7.86. The van der Waals surface area contributed by atoms with E-state index in [2.05, 4.69) is 20.2 Å². The van der Waals surface area contributed by atoms with Gasteiger partial charge in [0.25, 0.3) is 20.2 Å². The number of nitrogens with zero attached hydrogens (tertiary/aromatic N) is 5. The fourth-order valence-electron chi connectivity index (χ4n) is 3.24. The van der Waals surface area contributed by atoms with E-state index in [0.29, 0.717) is 12.2 Å². The maximum Gasteiger partial charge on any atom is 0.451 e. The standard InChI is InChI=1S/C20H19ClF3N5O6S2/c1-2-29(8-3-9-36(30,31)32)12-4-6-17(15(21)10-12)27-28-18-14-11-13(37(33,34)35)5-7-16(14)25-19(26-18)20(22,23)24/h4-7,10-11H,2-3,8-9H2,1H3,(H,30,31,32)(H,33,34,35). The van der Waals surface area contributed by atoms with E-state index in [4.69, 9.17) is 16.2 Å². The summed E-state index contributed by atoms with van der Waals surface area (Å²) in [5, 5.41) is 7.44. The van der Waals surface area contributed by atoms with Crippen molar-refractivity contribution in [3.63, 3.8) is 0 Å². The van der Waals surface area contributed by atoms with Crippen molar-refractivity contribution in [3.8, 4) is 0 Å². The van der Waals surface area contributed by atoms with Gasteiger partial charge in [0.2, 0.25) is 5.82 Å². The van der Waals surface area contributed by atoms with Crippen LogP contribution in [0.25, 0.3) is 10.9 Å². The average molecular weight is 582 g/mol. The van der Waals surface area contributed by atoms with Crippen LogP contribution in [0, 0.1) is 0 Å². The number of rotatable bonds is 9. The summed E-state index contributed by atoms with van der Waals surface area (Å²) < 4.78 is 103. The van der Waals surface area contributed by atoms with Crippen LogP contribution in [0.3, 0.4) is 0 Å². The maximum absolute atomic E-state index is 13.3. The highest BCUT2D eigenvalue weighted by Crippen LogP contribution is 2.35. The summed E-state index contributed by atoms with van der Waals surface area (Å²) in [4.78, 5) is 7.92. The molecule has 2 aromatic carbocycles. The number of hydrogen-bond acceptors (Lipinski definition) is 9. The number of benzene rings is 2. The lowest BCUT2D eigenvalue weighted by atomic mass is 10.2. The molecule has 3 rings (SSSR count). The smallest absolute Gasteiger partial charge is 0.372 e. The Morgan fingerprint density at radius 2 is 1.73 bits per heavy atom. The van der Waals surface area contributed by atoms with Gasteiger partial charge in [0, 0.05) is 24.2 Å². The zero-order chi connectivity index (χ0) is 27.6. The third kappa shape index (κ3) is 7.54. The minimum atomic E-state index is -4.93. The maximum atomic E-state index is 13.3. The molecule has 0 bridgehead atoms. The third-order valence-corrected chi connectivity index (χ3v) is 6.92. The van der Waals surface area contributed by atoms with Crippen molar-refractivity contribution in [1.82, 2.24) is 9.97 Å². The lowest BCUT2D eigenvalue weighted by Crippen LogP contribution is -2.25. The normalized spacial score (nSPS) is 12.9. The SMILES string of the molecule is CCN(CCCS(=O)(=O)O)c1ccc(N=Nc2nc(C(F)(F)F)nc3ccc(S(=O)(=O)O)cc23)c(Cl)c1. The van der Waals surface area contributed by atoms with Crippen LogP contribution < -0.4 is 4.90 Å². The second-order valence-electron chi connectivity index (χ2n) is 7.58. The second kappa shape index (κ2) is 10.8. The monoisotopic (exact) mass is 581 g/mol. The number of alkyl halides is 3. The molecule has 1 aromatic heterocycles. The Morgan fingerprint density at radius 1 is 1.03 bits per heavy atom. The second-order valence-corrected chi connectivity index (χ2v) is 11.0. The Labute approximate surface area is 214 Å². The highest BCUT2D eigenvalue weighted by Gasteiger charge is 2.35. The van der Waals surface area contributed by atoms with Gasteiger partial charge in [-0.1, -0.05) is 11.6 Å². The molecule has 37 heavy (non-hydrogen) atoms. The van der Waals surface area contributed by atoms with Crippen LogP contribution in [0.5, 0.6) is 0 Å². The van der Waals surface area contributed by atoms with Crippen LogP contribution in [-0.2, 0) is 26.4 Å². The first-order chi connectivity index (χ1) is 17.1. The molecule has 200 valence electrons. The fourth-order valence-corrected chi connectivity index (χ4v) is 4.45. The number of halogens is 4. The van der Waals surface area contributed by atoms with E-state index in [9.17, 15) is 34.6 Å². The minimum absolute atomic E-state index is 0.0469. The Balaban J connectivity index is 1.98. The van der Waals surface area contributed by atoms with E-state index in [1.165, 1.54) is 12.1 Å². The Hall–Kier alpha value is -2.92. The van der Waals surface area contributed by atoms with Gasteiger partial charge in [0.1, 0.15) is 5.69 Å². The van der Waals surface area contributed by atoms with Crippen molar-refractivity contribution in [2.45, 2.75) is 24.4 Å². The molecular formula is C20H19ClF3N5O6S2. The molecule has 17 heteroatoms. The van der Waals surface area contributed by atoms with E-state index in [1.807, 2.05) is 6.92 Å². The minimum Gasteiger partial charge on any atom is -0.372 e. The van der Waals surface area contributed by atoms with Gasteiger partial charge in [-0.2, -0.15) is 30.0 Å². The average Bonchev–Trinajstić information content (AvgIpc) is 2.78. The number of azo groups is 1. The van der Waals surface area contributed by atoms with Crippen molar-refractivity contribution in [2.24, 2.45) is 10.2 Å². The van der Waals surface area contributed by atoms with Gasteiger partial charge < -0.3 is 4.90 Å². The van der Waals surface area contributed by atoms with Crippen LogP contribution >= 0.6 is 11.6 Å². The molecule has 0 saturated heterocycles. The molecule has 0 saturated carbocycles. The van der Waals surface area contributed by atoms with Gasteiger partial charge in [-0.3, -0.25) is 9.11 Å². The molecule has 0 amide bonds. The lowest BCUT2D eigenvalue weighted by molar-refractivity contribution is -0.144. The summed E-state index contributed by atoms with van der Waals surface area (Å²) in [6.07, 6.45) is -4.78. The Kier molecular flexibility index (Phi) is 8.38. The fraction of sp³-hybridized carbons (Fsp3) is 0.300. The summed E-state index contributed by atoms with van der Waals surface area (Å²) in [6, 6.07) is 7.21. The van der Waals surface area contributed by atoms with Crippen LogP contribution in [-0.4, -0.2) is 54.8 Å². The number of fused-ring (bicyclic) bond motifs is 1. The van der Waals surface area contributed by atoms with E-state index in [1.54, 1.807) is 11.0 Å². The summed E-state index contributed by atoms with van der Waals surface area (Å²) in [7, 11) is -8.78. The van der Waals surface area contributed by atoms with E-state index >= 15 is 0 Å². The van der Waals surface area contributed by atoms with Gasteiger partial charge >= 0.3 is 6.18 Å². The third-order valence-electron chi connectivity index (χ3n) is 4.96. The molecule has 0 aliphatic rings. The van der Waals surface area contributed by atoms with E-state index in [-0.39, 0.29) is 34.6 Å². The van der Waals surface area contributed by atoms with E-state index in [0.717, 1.165) is 18.2 Å². The van der Waals surface area contributed by atoms with Crippen molar-refractivity contribution in [3.05, 3.63) is 47.2 Å². The summed E-state index contributed by atoms with van der Waals surface area (Å²) in [5.41, 5.74) is 0.352. The number of aromatic nitrogens is 2. The van der Waals surface area contributed by atoms with E-state index < -0.39 is 48.7 Å². The zero-order valence-electron chi connectivity index (χ0n) is 18.9. The first-order valence-electron chi connectivity index (χ1n) is 10.4. The molecule has 0 aliphatic heterocycles. The summed E-state index contributed by atoms with van der Waals surface area (Å²) in [6.45, 7) is 2.58. The molecule has 2 N–H and O–H groups in total. The Morgan fingerprint density at radius 3 is 2.30 bits per heavy atom.